The van der Waals surface area contributed by atoms with Crippen molar-refractivity contribution in [1.82, 2.24) is 5.32 Å². The van der Waals surface area contributed by atoms with Crippen LogP contribution < -0.4 is 10.1 Å². The molecule has 0 aliphatic carbocycles. The number of halogens is 2. The Morgan fingerprint density at radius 2 is 1.56 bits per heavy atom. The molecule has 0 unspecified atom stereocenters. The van der Waals surface area contributed by atoms with Crippen molar-refractivity contribution in [3.05, 3.63) is 105 Å². The molecule has 3 rings (SSSR count). The van der Waals surface area contributed by atoms with Crippen molar-refractivity contribution in [1.29, 1.82) is 5.26 Å². The number of nitriles is 1. The minimum absolute atomic E-state index is 0.0187. The number of amides is 1. The molecule has 0 aliphatic heterocycles. The smallest absolute Gasteiger partial charge is 0.261 e. The molecule has 0 atom stereocenters. The van der Waals surface area contributed by atoms with Gasteiger partial charge < -0.3 is 10.1 Å². The molecular weight excluding hydrogens is 443 g/mol. The number of ether oxygens (including phenoxy) is 1. The summed E-state index contributed by atoms with van der Waals surface area (Å²) in [6, 6.07) is 24.9. The second-order valence-electron chi connectivity index (χ2n) is 7.10. The monoisotopic (exact) mass is 464 g/mol. The first-order chi connectivity index (χ1) is 15.6. The standard InChI is InChI=1S/C26H22Cl2N2O2/c27-23-15-21(16-24(28)25(23)32-18-20-10-5-2-6-11-20)14-22(17-29)26(31)30-13-7-12-19-8-3-1-4-9-19/h1-6,8-11,14-16H,7,12-13,18H2,(H,30,31)/b22-14-. The molecule has 162 valence electrons. The maximum absolute atomic E-state index is 12.4. The summed E-state index contributed by atoms with van der Waals surface area (Å²) in [4.78, 5) is 12.4. The number of carbonyl (C=O) groups is 1. The zero-order valence-corrected chi connectivity index (χ0v) is 18.9. The van der Waals surface area contributed by atoms with Crippen LogP contribution in [0.3, 0.4) is 0 Å². The first kappa shape index (κ1) is 23.4. The zero-order chi connectivity index (χ0) is 22.8. The summed E-state index contributed by atoms with van der Waals surface area (Å²) in [7, 11) is 0. The Bertz CT molecular complexity index is 1100. The topological polar surface area (TPSA) is 62.1 Å². The van der Waals surface area contributed by atoms with Crippen molar-refractivity contribution in [2.75, 3.05) is 6.54 Å². The molecule has 0 aliphatic rings. The van der Waals surface area contributed by atoms with Gasteiger partial charge in [0.1, 0.15) is 18.2 Å². The second-order valence-corrected chi connectivity index (χ2v) is 7.92. The fourth-order valence-corrected chi connectivity index (χ4v) is 3.69. The van der Waals surface area contributed by atoms with Gasteiger partial charge in [0.15, 0.2) is 5.75 Å². The van der Waals surface area contributed by atoms with Crippen LogP contribution in [0.4, 0.5) is 0 Å². The van der Waals surface area contributed by atoms with Crippen molar-refractivity contribution in [3.8, 4) is 11.8 Å². The summed E-state index contributed by atoms with van der Waals surface area (Å²) in [6.45, 7) is 0.796. The highest BCUT2D eigenvalue weighted by molar-refractivity contribution is 6.37. The lowest BCUT2D eigenvalue weighted by atomic mass is 10.1. The molecule has 1 amide bonds. The molecule has 4 nitrogen and oxygen atoms in total. The molecular formula is C26H22Cl2N2O2. The van der Waals surface area contributed by atoms with Gasteiger partial charge in [0, 0.05) is 6.54 Å². The first-order valence-electron chi connectivity index (χ1n) is 10.2. The van der Waals surface area contributed by atoms with E-state index < -0.39 is 5.91 Å². The van der Waals surface area contributed by atoms with Crippen LogP contribution >= 0.6 is 23.2 Å². The third kappa shape index (κ3) is 6.88. The van der Waals surface area contributed by atoms with Crippen LogP contribution in [-0.2, 0) is 17.8 Å². The minimum Gasteiger partial charge on any atom is -0.486 e. The normalized spacial score (nSPS) is 11.0. The van der Waals surface area contributed by atoms with Crippen LogP contribution in [0.5, 0.6) is 5.75 Å². The third-order valence-corrected chi connectivity index (χ3v) is 5.25. The fourth-order valence-electron chi connectivity index (χ4n) is 3.08. The third-order valence-electron chi connectivity index (χ3n) is 4.69. The predicted molar refractivity (Wildman–Crippen MR) is 129 cm³/mol. The molecule has 3 aromatic carbocycles. The highest BCUT2D eigenvalue weighted by atomic mass is 35.5. The summed E-state index contributed by atoms with van der Waals surface area (Å²) >= 11 is 12.7. The van der Waals surface area contributed by atoms with Gasteiger partial charge in [-0.1, -0.05) is 83.9 Å². The lowest BCUT2D eigenvalue weighted by Gasteiger charge is -2.11. The van der Waals surface area contributed by atoms with Gasteiger partial charge in [-0.05, 0) is 47.7 Å². The average molecular weight is 465 g/mol. The molecule has 1 N–H and O–H groups in total. The van der Waals surface area contributed by atoms with Crippen molar-refractivity contribution in [2.24, 2.45) is 0 Å². The predicted octanol–water partition coefficient (Wildman–Crippen LogP) is 6.23. The highest BCUT2D eigenvalue weighted by Crippen LogP contribution is 2.35. The van der Waals surface area contributed by atoms with E-state index in [0.29, 0.717) is 34.5 Å². The molecule has 0 heterocycles. The Labute approximate surface area is 198 Å². The van der Waals surface area contributed by atoms with Crippen LogP contribution in [0, 0.1) is 11.3 Å². The lowest BCUT2D eigenvalue weighted by Crippen LogP contribution is -2.25. The van der Waals surface area contributed by atoms with E-state index in [-0.39, 0.29) is 5.57 Å². The molecule has 0 fully saturated rings. The molecule has 0 saturated carbocycles. The van der Waals surface area contributed by atoms with Gasteiger partial charge in [0.05, 0.1) is 10.0 Å². The molecule has 3 aromatic rings. The van der Waals surface area contributed by atoms with Gasteiger partial charge in [-0.3, -0.25) is 4.79 Å². The molecule has 0 aromatic heterocycles. The molecule has 32 heavy (non-hydrogen) atoms. The largest absolute Gasteiger partial charge is 0.486 e. The molecule has 6 heteroatoms. The summed E-state index contributed by atoms with van der Waals surface area (Å²) in [5, 5.41) is 12.8. The number of hydrogen-bond donors (Lipinski definition) is 1. The highest BCUT2D eigenvalue weighted by Gasteiger charge is 2.13. The van der Waals surface area contributed by atoms with Crippen molar-refractivity contribution >= 4 is 35.2 Å². The number of carbonyl (C=O) groups excluding carboxylic acids is 1. The van der Waals surface area contributed by atoms with Gasteiger partial charge in [-0.15, -0.1) is 0 Å². The van der Waals surface area contributed by atoms with Crippen LogP contribution in [0.25, 0.3) is 6.08 Å². The van der Waals surface area contributed by atoms with E-state index in [0.717, 1.165) is 18.4 Å². The van der Waals surface area contributed by atoms with Crippen molar-refractivity contribution < 1.29 is 9.53 Å². The van der Waals surface area contributed by atoms with E-state index in [1.54, 1.807) is 12.1 Å². The number of rotatable bonds is 9. The Balaban J connectivity index is 1.60. The molecule has 0 bridgehead atoms. The average Bonchev–Trinajstić information content (AvgIpc) is 2.81. The van der Waals surface area contributed by atoms with Gasteiger partial charge in [-0.2, -0.15) is 5.26 Å². The van der Waals surface area contributed by atoms with E-state index in [1.807, 2.05) is 66.7 Å². The lowest BCUT2D eigenvalue weighted by molar-refractivity contribution is -0.117. The Kier molecular flexibility index (Phi) is 8.74. The van der Waals surface area contributed by atoms with Crippen LogP contribution in [0.1, 0.15) is 23.1 Å². The number of nitrogens with one attached hydrogen (secondary N) is 1. The van der Waals surface area contributed by atoms with Gasteiger partial charge >= 0.3 is 0 Å². The van der Waals surface area contributed by atoms with E-state index in [2.05, 4.69) is 5.32 Å². The van der Waals surface area contributed by atoms with E-state index >= 15 is 0 Å². The molecule has 0 radical (unpaired) electrons. The molecule has 0 spiro atoms. The van der Waals surface area contributed by atoms with Crippen LogP contribution in [-0.4, -0.2) is 12.5 Å². The first-order valence-corrected chi connectivity index (χ1v) is 10.9. The van der Waals surface area contributed by atoms with Crippen LogP contribution in [0.2, 0.25) is 10.0 Å². The maximum Gasteiger partial charge on any atom is 0.261 e. The van der Waals surface area contributed by atoms with Crippen LogP contribution in [0.15, 0.2) is 78.4 Å². The summed E-state index contributed by atoms with van der Waals surface area (Å²) in [5.41, 5.74) is 2.72. The zero-order valence-electron chi connectivity index (χ0n) is 17.4. The minimum atomic E-state index is -0.433. The van der Waals surface area contributed by atoms with E-state index in [9.17, 15) is 10.1 Å². The Morgan fingerprint density at radius 3 is 2.16 bits per heavy atom. The Morgan fingerprint density at radius 1 is 0.969 bits per heavy atom. The summed E-state index contributed by atoms with van der Waals surface area (Å²) in [5.74, 6) is -0.0737. The van der Waals surface area contributed by atoms with Crippen molar-refractivity contribution in [3.63, 3.8) is 0 Å². The van der Waals surface area contributed by atoms with Gasteiger partial charge in [-0.25, -0.2) is 0 Å². The second kappa shape index (κ2) is 12.0. The maximum atomic E-state index is 12.4. The summed E-state index contributed by atoms with van der Waals surface area (Å²) < 4.78 is 5.76. The number of benzene rings is 3. The van der Waals surface area contributed by atoms with E-state index in [1.165, 1.54) is 11.6 Å². The SMILES string of the molecule is N#C/C(=C/c1cc(Cl)c(OCc2ccccc2)c(Cl)c1)C(=O)NCCCc1ccccc1. The van der Waals surface area contributed by atoms with E-state index in [4.69, 9.17) is 27.9 Å². The molecule has 0 saturated heterocycles. The quantitative estimate of drug-likeness (QED) is 0.232. The fraction of sp³-hybridized carbons (Fsp3) is 0.154. The number of nitrogens with zero attached hydrogens (tertiary/aromatic N) is 1. The van der Waals surface area contributed by atoms with Crippen molar-refractivity contribution in [2.45, 2.75) is 19.4 Å². The van der Waals surface area contributed by atoms with Gasteiger partial charge in [0.25, 0.3) is 5.91 Å². The van der Waals surface area contributed by atoms with Gasteiger partial charge in [0.2, 0.25) is 0 Å². The summed E-state index contributed by atoms with van der Waals surface area (Å²) in [6.07, 6.45) is 3.09. The number of hydrogen-bond acceptors (Lipinski definition) is 3. The Hall–Kier alpha value is -3.26. The number of aryl methyl sites for hydroxylation is 1.